The van der Waals surface area contributed by atoms with Gasteiger partial charge in [-0.05, 0) is 32.4 Å². The average Bonchev–Trinajstić information content (AvgIpc) is 2.67. The van der Waals surface area contributed by atoms with Crippen LogP contribution in [-0.2, 0) is 0 Å². The number of halogens is 1. The van der Waals surface area contributed by atoms with Crippen molar-refractivity contribution in [2.24, 2.45) is 5.92 Å². The minimum Gasteiger partial charge on any atom is -0.361 e. The van der Waals surface area contributed by atoms with Crippen molar-refractivity contribution in [3.05, 3.63) is 10.0 Å². The Balaban J connectivity index is 1.87. The maximum absolute atomic E-state index is 8.78. The molecule has 0 bridgehead atoms. The lowest BCUT2D eigenvalue weighted by Crippen LogP contribution is -2.35. The second-order valence-corrected chi connectivity index (χ2v) is 5.76. The molecule has 1 unspecified atom stereocenters. The third-order valence-corrected chi connectivity index (χ3v) is 4.25. The van der Waals surface area contributed by atoms with Crippen molar-refractivity contribution in [3.8, 4) is 6.07 Å². The molecule has 1 atom stereocenters. The summed E-state index contributed by atoms with van der Waals surface area (Å²) in [6.07, 6.45) is 2.51. The fourth-order valence-corrected chi connectivity index (χ4v) is 3.07. The zero-order chi connectivity index (χ0) is 12.3. The van der Waals surface area contributed by atoms with Crippen molar-refractivity contribution in [3.63, 3.8) is 0 Å². The third kappa shape index (κ3) is 3.32. The molecular weight excluding hydrogens is 256 g/mol. The summed E-state index contributed by atoms with van der Waals surface area (Å²) in [4.78, 5) is 6.96. The van der Waals surface area contributed by atoms with Gasteiger partial charge < -0.3 is 10.2 Å². The molecule has 0 saturated carbocycles. The van der Waals surface area contributed by atoms with Crippen LogP contribution >= 0.6 is 22.9 Å². The molecule has 0 aliphatic carbocycles. The van der Waals surface area contributed by atoms with Crippen LogP contribution in [0.4, 0.5) is 5.13 Å². The van der Waals surface area contributed by atoms with Crippen molar-refractivity contribution in [2.45, 2.75) is 12.8 Å². The lowest BCUT2D eigenvalue weighted by Gasteiger charge is -2.29. The van der Waals surface area contributed by atoms with Crippen LogP contribution in [0.15, 0.2) is 0 Å². The molecule has 2 rings (SSSR count). The van der Waals surface area contributed by atoms with E-state index < -0.39 is 0 Å². The summed E-state index contributed by atoms with van der Waals surface area (Å²) in [6, 6.07) is 2.04. The number of nitrogens with zero attached hydrogens (tertiary/aromatic N) is 3. The maximum atomic E-state index is 8.78. The number of anilines is 1. The van der Waals surface area contributed by atoms with E-state index in [1.165, 1.54) is 30.7 Å². The summed E-state index contributed by atoms with van der Waals surface area (Å²) >= 11 is 7.14. The van der Waals surface area contributed by atoms with Crippen molar-refractivity contribution < 1.29 is 0 Å². The van der Waals surface area contributed by atoms with Crippen LogP contribution in [0.3, 0.4) is 0 Å². The summed E-state index contributed by atoms with van der Waals surface area (Å²) in [5.41, 5.74) is 0. The second kappa shape index (κ2) is 5.67. The first-order valence-corrected chi connectivity index (χ1v) is 6.87. The number of piperidine rings is 1. The normalized spacial score (nSPS) is 21.1. The molecule has 1 fully saturated rings. The van der Waals surface area contributed by atoms with Gasteiger partial charge in [0.1, 0.15) is 10.9 Å². The first-order chi connectivity index (χ1) is 8.19. The largest absolute Gasteiger partial charge is 0.361 e. The van der Waals surface area contributed by atoms with E-state index in [-0.39, 0.29) is 0 Å². The Labute approximate surface area is 110 Å². The topological polar surface area (TPSA) is 52.0 Å². The van der Waals surface area contributed by atoms with E-state index in [2.05, 4.69) is 22.2 Å². The van der Waals surface area contributed by atoms with E-state index in [0.29, 0.717) is 15.9 Å². The summed E-state index contributed by atoms with van der Waals surface area (Å²) in [5, 5.41) is 13.1. The van der Waals surface area contributed by atoms with Gasteiger partial charge in [0.25, 0.3) is 0 Å². The Morgan fingerprint density at radius 1 is 1.71 bits per heavy atom. The van der Waals surface area contributed by atoms with Gasteiger partial charge in [0, 0.05) is 13.1 Å². The Morgan fingerprint density at radius 2 is 2.53 bits per heavy atom. The number of nitrogens with one attached hydrogen (secondary N) is 1. The van der Waals surface area contributed by atoms with Gasteiger partial charge >= 0.3 is 0 Å². The highest BCUT2D eigenvalue weighted by atomic mass is 35.5. The van der Waals surface area contributed by atoms with E-state index in [4.69, 9.17) is 16.9 Å². The predicted molar refractivity (Wildman–Crippen MR) is 70.5 cm³/mol. The van der Waals surface area contributed by atoms with Gasteiger partial charge in [-0.1, -0.05) is 22.9 Å². The Morgan fingerprint density at radius 3 is 3.18 bits per heavy atom. The molecule has 2 heterocycles. The van der Waals surface area contributed by atoms with Gasteiger partial charge in [0.2, 0.25) is 0 Å². The van der Waals surface area contributed by atoms with Gasteiger partial charge in [-0.2, -0.15) is 5.26 Å². The van der Waals surface area contributed by atoms with Crippen LogP contribution in [0.1, 0.15) is 17.7 Å². The van der Waals surface area contributed by atoms with Crippen molar-refractivity contribution in [1.82, 2.24) is 9.88 Å². The fraction of sp³-hybridized carbons (Fsp3) is 0.636. The van der Waals surface area contributed by atoms with Gasteiger partial charge in [0.15, 0.2) is 10.3 Å². The number of nitriles is 1. The van der Waals surface area contributed by atoms with E-state index in [0.717, 1.165) is 18.2 Å². The molecule has 1 aliphatic heterocycles. The molecule has 1 N–H and O–H groups in total. The lowest BCUT2D eigenvalue weighted by atomic mass is 9.99. The molecule has 0 amide bonds. The monoisotopic (exact) mass is 270 g/mol. The van der Waals surface area contributed by atoms with E-state index in [1.54, 1.807) is 0 Å². The lowest BCUT2D eigenvalue weighted by molar-refractivity contribution is 0.217. The molecule has 1 aromatic heterocycles. The number of aromatic nitrogens is 1. The molecule has 0 aromatic carbocycles. The quantitative estimate of drug-likeness (QED) is 0.917. The predicted octanol–water partition coefficient (Wildman–Crippen LogP) is 2.42. The SMILES string of the molecule is CN1CCCC(CNc2nc(Cl)c(C#N)s2)C1. The summed E-state index contributed by atoms with van der Waals surface area (Å²) in [5.74, 6) is 0.655. The summed E-state index contributed by atoms with van der Waals surface area (Å²) in [7, 11) is 2.15. The van der Waals surface area contributed by atoms with Crippen LogP contribution in [0.2, 0.25) is 5.15 Å². The first kappa shape index (κ1) is 12.6. The molecule has 6 heteroatoms. The number of thiazole rings is 1. The van der Waals surface area contributed by atoms with Crippen molar-refractivity contribution >= 4 is 28.1 Å². The van der Waals surface area contributed by atoms with Crippen LogP contribution in [-0.4, -0.2) is 36.6 Å². The van der Waals surface area contributed by atoms with Crippen LogP contribution in [0, 0.1) is 17.2 Å². The highest BCUT2D eigenvalue weighted by Gasteiger charge is 2.17. The Kier molecular flexibility index (Phi) is 4.21. The minimum absolute atomic E-state index is 0.306. The smallest absolute Gasteiger partial charge is 0.185 e. The molecule has 4 nitrogen and oxygen atoms in total. The highest BCUT2D eigenvalue weighted by molar-refractivity contribution is 7.16. The number of rotatable bonds is 3. The molecule has 17 heavy (non-hydrogen) atoms. The Bertz CT molecular complexity index is 426. The van der Waals surface area contributed by atoms with Gasteiger partial charge in [-0.3, -0.25) is 0 Å². The average molecular weight is 271 g/mol. The van der Waals surface area contributed by atoms with Gasteiger partial charge in [-0.25, -0.2) is 4.98 Å². The minimum atomic E-state index is 0.306. The van der Waals surface area contributed by atoms with Crippen LogP contribution in [0.5, 0.6) is 0 Å². The van der Waals surface area contributed by atoms with E-state index >= 15 is 0 Å². The molecule has 1 aliphatic rings. The second-order valence-electron chi connectivity index (χ2n) is 4.40. The maximum Gasteiger partial charge on any atom is 0.185 e. The first-order valence-electron chi connectivity index (χ1n) is 5.68. The van der Waals surface area contributed by atoms with Gasteiger partial charge in [-0.15, -0.1) is 0 Å². The zero-order valence-corrected chi connectivity index (χ0v) is 11.3. The number of hydrogen-bond acceptors (Lipinski definition) is 5. The van der Waals surface area contributed by atoms with Crippen molar-refractivity contribution in [1.29, 1.82) is 5.26 Å². The molecule has 1 aromatic rings. The standard InChI is InChI=1S/C11H15ClN4S/c1-16-4-2-3-8(7-16)6-14-11-15-10(12)9(5-13)17-11/h8H,2-4,6-7H2,1H3,(H,14,15). The van der Waals surface area contributed by atoms with Crippen molar-refractivity contribution in [2.75, 3.05) is 32.0 Å². The summed E-state index contributed by atoms with van der Waals surface area (Å²) < 4.78 is 0. The molecular formula is C11H15ClN4S. The van der Waals surface area contributed by atoms with Crippen LogP contribution < -0.4 is 5.32 Å². The number of likely N-dealkylation sites (tertiary alicyclic amines) is 1. The van der Waals surface area contributed by atoms with Crippen LogP contribution in [0.25, 0.3) is 0 Å². The molecule has 1 saturated heterocycles. The molecule has 0 spiro atoms. The number of hydrogen-bond donors (Lipinski definition) is 1. The molecule has 92 valence electrons. The third-order valence-electron chi connectivity index (χ3n) is 2.95. The Hall–Kier alpha value is -0.830. The summed E-state index contributed by atoms with van der Waals surface area (Å²) in [6.45, 7) is 3.22. The van der Waals surface area contributed by atoms with E-state index in [1.807, 2.05) is 6.07 Å². The zero-order valence-electron chi connectivity index (χ0n) is 9.74. The van der Waals surface area contributed by atoms with Gasteiger partial charge in [0.05, 0.1) is 0 Å². The highest BCUT2D eigenvalue weighted by Crippen LogP contribution is 2.26. The fourth-order valence-electron chi connectivity index (χ4n) is 2.12. The van der Waals surface area contributed by atoms with E-state index in [9.17, 15) is 0 Å². The molecule has 0 radical (unpaired) electrons.